The molecular weight excluding hydrogens is 228 g/mol. The highest BCUT2D eigenvalue weighted by Crippen LogP contribution is 2.26. The van der Waals surface area contributed by atoms with Crippen molar-refractivity contribution in [3.05, 3.63) is 0 Å². The van der Waals surface area contributed by atoms with Gasteiger partial charge in [-0.3, -0.25) is 0 Å². The third-order valence-electron chi connectivity index (χ3n) is 3.27. The molecule has 1 rings (SSSR count). The molecule has 0 spiro atoms. The van der Waals surface area contributed by atoms with Crippen LogP contribution in [0.15, 0.2) is 0 Å². The zero-order valence-electron chi connectivity index (χ0n) is 12.0. The molecule has 3 N–H and O–H groups in total. The number of ether oxygens (including phenoxy) is 1. The normalized spacial score (nSPS) is 19.3. The third kappa shape index (κ3) is 6.84. The SMILES string of the molecule is CC(C)(C)OC(=O)NCC(N)CC1CCCCC1. The molecule has 106 valence electrons. The molecule has 1 aliphatic rings. The molecule has 0 heterocycles. The van der Waals surface area contributed by atoms with Crippen molar-refractivity contribution in [1.29, 1.82) is 0 Å². The molecule has 0 saturated heterocycles. The van der Waals surface area contributed by atoms with E-state index in [0.717, 1.165) is 12.3 Å². The van der Waals surface area contributed by atoms with Crippen molar-refractivity contribution in [2.75, 3.05) is 6.54 Å². The molecule has 4 heteroatoms. The van der Waals surface area contributed by atoms with Crippen LogP contribution in [-0.2, 0) is 4.74 Å². The van der Waals surface area contributed by atoms with Crippen LogP contribution >= 0.6 is 0 Å². The van der Waals surface area contributed by atoms with Crippen molar-refractivity contribution < 1.29 is 9.53 Å². The van der Waals surface area contributed by atoms with E-state index in [9.17, 15) is 4.79 Å². The lowest BCUT2D eigenvalue weighted by atomic mass is 9.85. The quantitative estimate of drug-likeness (QED) is 0.813. The molecule has 0 aliphatic heterocycles. The van der Waals surface area contributed by atoms with Crippen LogP contribution in [0, 0.1) is 5.92 Å². The Hall–Kier alpha value is -0.770. The lowest BCUT2D eigenvalue weighted by Gasteiger charge is -2.25. The Morgan fingerprint density at radius 2 is 1.94 bits per heavy atom. The van der Waals surface area contributed by atoms with Gasteiger partial charge in [-0.2, -0.15) is 0 Å². The van der Waals surface area contributed by atoms with Crippen LogP contribution in [0.25, 0.3) is 0 Å². The fourth-order valence-corrected chi connectivity index (χ4v) is 2.46. The molecule has 1 fully saturated rings. The van der Waals surface area contributed by atoms with Crippen LogP contribution in [-0.4, -0.2) is 24.3 Å². The number of alkyl carbamates (subject to hydrolysis) is 1. The van der Waals surface area contributed by atoms with Gasteiger partial charge in [-0.25, -0.2) is 4.79 Å². The standard InChI is InChI=1S/C14H28N2O2/c1-14(2,3)18-13(17)16-10-12(15)9-11-7-5-4-6-8-11/h11-12H,4-10,15H2,1-3H3,(H,16,17). The predicted octanol–water partition coefficient (Wildman–Crippen LogP) is 2.81. The van der Waals surface area contributed by atoms with Gasteiger partial charge in [0.15, 0.2) is 0 Å². The van der Waals surface area contributed by atoms with Gasteiger partial charge in [0.2, 0.25) is 0 Å². The van der Waals surface area contributed by atoms with E-state index in [2.05, 4.69) is 5.32 Å². The Bertz CT molecular complexity index is 255. The van der Waals surface area contributed by atoms with Gasteiger partial charge >= 0.3 is 6.09 Å². The monoisotopic (exact) mass is 256 g/mol. The molecular formula is C14H28N2O2. The first-order valence-corrected chi connectivity index (χ1v) is 7.09. The van der Waals surface area contributed by atoms with Gasteiger partial charge in [0, 0.05) is 12.6 Å². The molecule has 0 aromatic heterocycles. The fourth-order valence-electron chi connectivity index (χ4n) is 2.46. The zero-order chi connectivity index (χ0) is 13.6. The molecule has 1 atom stereocenters. The maximum Gasteiger partial charge on any atom is 0.407 e. The summed E-state index contributed by atoms with van der Waals surface area (Å²) >= 11 is 0. The first-order chi connectivity index (χ1) is 8.37. The molecule has 1 unspecified atom stereocenters. The summed E-state index contributed by atoms with van der Waals surface area (Å²) in [7, 11) is 0. The van der Waals surface area contributed by atoms with Gasteiger partial charge < -0.3 is 15.8 Å². The average Bonchev–Trinajstić information content (AvgIpc) is 2.25. The van der Waals surface area contributed by atoms with Crippen molar-refractivity contribution in [2.24, 2.45) is 11.7 Å². The Kier molecular flexibility index (Phi) is 5.93. The van der Waals surface area contributed by atoms with Crippen molar-refractivity contribution >= 4 is 6.09 Å². The van der Waals surface area contributed by atoms with Gasteiger partial charge in [0.25, 0.3) is 0 Å². The summed E-state index contributed by atoms with van der Waals surface area (Å²) in [5.74, 6) is 0.745. The van der Waals surface area contributed by atoms with E-state index in [0.29, 0.717) is 6.54 Å². The molecule has 1 aliphatic carbocycles. The van der Waals surface area contributed by atoms with Gasteiger partial charge in [-0.1, -0.05) is 32.1 Å². The van der Waals surface area contributed by atoms with E-state index >= 15 is 0 Å². The largest absolute Gasteiger partial charge is 0.444 e. The summed E-state index contributed by atoms with van der Waals surface area (Å²) in [5.41, 5.74) is 5.60. The second kappa shape index (κ2) is 6.98. The van der Waals surface area contributed by atoms with Crippen LogP contribution in [0.1, 0.15) is 59.3 Å². The number of amides is 1. The number of carbonyl (C=O) groups is 1. The lowest BCUT2D eigenvalue weighted by Crippen LogP contribution is -2.41. The van der Waals surface area contributed by atoms with E-state index in [-0.39, 0.29) is 12.1 Å². The topological polar surface area (TPSA) is 64.3 Å². The Morgan fingerprint density at radius 1 is 1.33 bits per heavy atom. The Morgan fingerprint density at radius 3 is 2.50 bits per heavy atom. The second-order valence-corrected chi connectivity index (χ2v) is 6.38. The van der Waals surface area contributed by atoms with Crippen LogP contribution in [0.3, 0.4) is 0 Å². The maximum atomic E-state index is 11.5. The maximum absolute atomic E-state index is 11.5. The molecule has 0 aromatic rings. The van der Waals surface area contributed by atoms with Crippen molar-refractivity contribution in [1.82, 2.24) is 5.32 Å². The number of nitrogens with two attached hydrogens (primary N) is 1. The molecule has 0 bridgehead atoms. The second-order valence-electron chi connectivity index (χ2n) is 6.38. The molecule has 18 heavy (non-hydrogen) atoms. The van der Waals surface area contributed by atoms with E-state index in [1.807, 2.05) is 20.8 Å². The highest BCUT2D eigenvalue weighted by molar-refractivity contribution is 5.67. The fraction of sp³-hybridized carbons (Fsp3) is 0.929. The predicted molar refractivity (Wildman–Crippen MR) is 73.4 cm³/mol. The van der Waals surface area contributed by atoms with E-state index in [4.69, 9.17) is 10.5 Å². The van der Waals surface area contributed by atoms with Gasteiger partial charge in [-0.15, -0.1) is 0 Å². The van der Waals surface area contributed by atoms with Crippen LogP contribution in [0.5, 0.6) is 0 Å². The lowest BCUT2D eigenvalue weighted by molar-refractivity contribution is 0.0522. The minimum absolute atomic E-state index is 0.0422. The third-order valence-corrected chi connectivity index (χ3v) is 3.27. The summed E-state index contributed by atoms with van der Waals surface area (Å²) in [6.07, 6.45) is 7.24. The van der Waals surface area contributed by atoms with Crippen LogP contribution in [0.4, 0.5) is 4.79 Å². The number of hydrogen-bond donors (Lipinski definition) is 2. The highest BCUT2D eigenvalue weighted by atomic mass is 16.6. The van der Waals surface area contributed by atoms with E-state index < -0.39 is 5.60 Å². The highest BCUT2D eigenvalue weighted by Gasteiger charge is 2.19. The van der Waals surface area contributed by atoms with Crippen LogP contribution in [0.2, 0.25) is 0 Å². The number of hydrogen-bond acceptors (Lipinski definition) is 3. The molecule has 0 aromatic carbocycles. The molecule has 0 radical (unpaired) electrons. The summed E-state index contributed by atoms with van der Waals surface area (Å²) in [5, 5.41) is 2.74. The summed E-state index contributed by atoms with van der Waals surface area (Å²) in [6.45, 7) is 6.07. The Balaban J connectivity index is 2.16. The minimum Gasteiger partial charge on any atom is -0.444 e. The first kappa shape index (κ1) is 15.3. The number of nitrogens with one attached hydrogen (secondary N) is 1. The number of carbonyl (C=O) groups excluding carboxylic acids is 1. The zero-order valence-corrected chi connectivity index (χ0v) is 12.0. The van der Waals surface area contributed by atoms with Crippen molar-refractivity contribution in [3.8, 4) is 0 Å². The first-order valence-electron chi connectivity index (χ1n) is 7.09. The summed E-state index contributed by atoms with van der Waals surface area (Å²) < 4.78 is 5.17. The molecule has 4 nitrogen and oxygen atoms in total. The van der Waals surface area contributed by atoms with E-state index in [1.165, 1.54) is 32.1 Å². The minimum atomic E-state index is -0.447. The summed E-state index contributed by atoms with van der Waals surface area (Å²) in [6, 6.07) is 0.0422. The summed E-state index contributed by atoms with van der Waals surface area (Å²) in [4.78, 5) is 11.5. The van der Waals surface area contributed by atoms with Crippen LogP contribution < -0.4 is 11.1 Å². The average molecular weight is 256 g/mol. The van der Waals surface area contributed by atoms with E-state index in [1.54, 1.807) is 0 Å². The smallest absolute Gasteiger partial charge is 0.407 e. The van der Waals surface area contributed by atoms with Crippen molar-refractivity contribution in [2.45, 2.75) is 70.9 Å². The Labute approximate surface area is 111 Å². The molecule has 1 saturated carbocycles. The van der Waals surface area contributed by atoms with Crippen molar-refractivity contribution in [3.63, 3.8) is 0 Å². The number of rotatable bonds is 4. The van der Waals surface area contributed by atoms with Gasteiger partial charge in [-0.05, 0) is 33.1 Å². The van der Waals surface area contributed by atoms with Gasteiger partial charge in [0.05, 0.1) is 0 Å². The molecule has 1 amide bonds. The van der Waals surface area contributed by atoms with Gasteiger partial charge in [0.1, 0.15) is 5.60 Å².